The van der Waals surface area contributed by atoms with Crippen molar-refractivity contribution in [3.8, 4) is 0 Å². The van der Waals surface area contributed by atoms with Crippen molar-refractivity contribution in [2.75, 3.05) is 26.8 Å². The van der Waals surface area contributed by atoms with Crippen LogP contribution in [0.25, 0.3) is 0 Å². The van der Waals surface area contributed by atoms with Gasteiger partial charge in [-0.05, 0) is 36.6 Å². The molecule has 1 amide bonds. The van der Waals surface area contributed by atoms with E-state index in [1.165, 1.54) is 17.5 Å². The van der Waals surface area contributed by atoms with Gasteiger partial charge < -0.3 is 9.64 Å². The van der Waals surface area contributed by atoms with Gasteiger partial charge in [0, 0.05) is 45.2 Å². The Morgan fingerprint density at radius 1 is 1.31 bits per heavy atom. The molecule has 1 unspecified atom stereocenters. The number of hydrogen-bond donors (Lipinski definition) is 0. The molecule has 1 aromatic carbocycles. The van der Waals surface area contributed by atoms with Gasteiger partial charge in [-0.2, -0.15) is 4.31 Å². The van der Waals surface area contributed by atoms with Crippen LogP contribution in [0.3, 0.4) is 0 Å². The van der Waals surface area contributed by atoms with Crippen LogP contribution in [0.4, 0.5) is 0 Å². The number of hydrogen-bond acceptors (Lipinski definition) is 5. The largest absolute Gasteiger partial charge is 0.375 e. The van der Waals surface area contributed by atoms with Gasteiger partial charge in [-0.15, -0.1) is 0 Å². The summed E-state index contributed by atoms with van der Waals surface area (Å²) in [5.74, 6) is -0.182. The predicted octanol–water partition coefficient (Wildman–Crippen LogP) is 2.56. The van der Waals surface area contributed by atoms with Crippen molar-refractivity contribution >= 4 is 27.5 Å². The average Bonchev–Trinajstić information content (AvgIpc) is 2.73. The van der Waals surface area contributed by atoms with Crippen LogP contribution >= 0.6 is 11.6 Å². The molecule has 0 N–H and O–H groups in total. The zero-order valence-electron chi connectivity index (χ0n) is 16.2. The minimum atomic E-state index is -3.75. The third-order valence-corrected chi connectivity index (χ3v) is 7.28. The van der Waals surface area contributed by atoms with Gasteiger partial charge in [0.1, 0.15) is 11.5 Å². The van der Waals surface area contributed by atoms with Gasteiger partial charge in [0.2, 0.25) is 15.9 Å². The number of sulfonamides is 1. The van der Waals surface area contributed by atoms with E-state index in [1.54, 1.807) is 35.5 Å². The van der Waals surface area contributed by atoms with E-state index in [2.05, 4.69) is 4.98 Å². The Morgan fingerprint density at radius 2 is 2.10 bits per heavy atom. The number of carbonyl (C=O) groups is 1. The van der Waals surface area contributed by atoms with E-state index >= 15 is 0 Å². The molecule has 1 fully saturated rings. The van der Waals surface area contributed by atoms with E-state index in [0.717, 1.165) is 5.56 Å². The predicted molar refractivity (Wildman–Crippen MR) is 110 cm³/mol. The molecule has 1 atom stereocenters. The molecule has 0 aliphatic carbocycles. The fourth-order valence-electron chi connectivity index (χ4n) is 3.50. The Kier molecular flexibility index (Phi) is 7.23. The molecule has 3 rings (SSSR count). The summed E-state index contributed by atoms with van der Waals surface area (Å²) in [6.45, 7) is 0.890. The van der Waals surface area contributed by atoms with Crippen molar-refractivity contribution < 1.29 is 17.9 Å². The molecule has 2 aromatic rings. The summed E-state index contributed by atoms with van der Waals surface area (Å²) in [7, 11) is -2.28. The van der Waals surface area contributed by atoms with Gasteiger partial charge in [0.15, 0.2) is 0 Å². The number of carbonyl (C=O) groups excluding carboxylic acids is 1. The molecule has 0 radical (unpaired) electrons. The standard InChI is InChI=1S/C20H24ClN3O4S/c1-28-15-20(25)24(13-16-6-4-10-22-12-16)17-7-5-11-23(14-17)29(26,27)19-9-3-2-8-18(19)21/h2-4,6,8-10,12,17H,5,7,11,13-15H2,1H3. The molecule has 9 heteroatoms. The summed E-state index contributed by atoms with van der Waals surface area (Å²) in [4.78, 5) is 18.6. The SMILES string of the molecule is COCC(=O)N(Cc1cccnc1)C1CCCN(S(=O)(=O)c2ccccc2Cl)C1. The second kappa shape index (κ2) is 9.67. The lowest BCUT2D eigenvalue weighted by Crippen LogP contribution is -2.52. The van der Waals surface area contributed by atoms with Gasteiger partial charge >= 0.3 is 0 Å². The van der Waals surface area contributed by atoms with Gasteiger partial charge in [0.05, 0.1) is 5.02 Å². The van der Waals surface area contributed by atoms with Gasteiger partial charge in [-0.3, -0.25) is 9.78 Å². The number of ether oxygens (including phenoxy) is 1. The van der Waals surface area contributed by atoms with E-state index in [9.17, 15) is 13.2 Å². The molecule has 0 bridgehead atoms. The number of pyridine rings is 1. The van der Waals surface area contributed by atoms with Crippen molar-refractivity contribution in [3.05, 3.63) is 59.4 Å². The molecule has 0 saturated carbocycles. The van der Waals surface area contributed by atoms with Gasteiger partial charge in [0.25, 0.3) is 0 Å². The number of amides is 1. The molecule has 1 aliphatic heterocycles. The van der Waals surface area contributed by atoms with Crippen LogP contribution in [0.2, 0.25) is 5.02 Å². The summed E-state index contributed by atoms with van der Waals surface area (Å²) in [5.41, 5.74) is 0.878. The molecule has 7 nitrogen and oxygen atoms in total. The van der Waals surface area contributed by atoms with Crippen molar-refractivity contribution in [3.63, 3.8) is 0 Å². The van der Waals surface area contributed by atoms with Crippen molar-refractivity contribution in [2.45, 2.75) is 30.3 Å². The fraction of sp³-hybridized carbons (Fsp3) is 0.400. The first-order valence-electron chi connectivity index (χ1n) is 9.35. The molecule has 1 aromatic heterocycles. The average molecular weight is 438 g/mol. The van der Waals surface area contributed by atoms with Crippen LogP contribution < -0.4 is 0 Å². The summed E-state index contributed by atoms with van der Waals surface area (Å²) in [6, 6.07) is 9.85. The van der Waals surface area contributed by atoms with Crippen molar-refractivity contribution in [2.24, 2.45) is 0 Å². The fourth-order valence-corrected chi connectivity index (χ4v) is 5.51. The highest BCUT2D eigenvalue weighted by Gasteiger charge is 2.35. The van der Waals surface area contributed by atoms with Crippen LogP contribution in [0.15, 0.2) is 53.7 Å². The Bertz CT molecular complexity index is 940. The van der Waals surface area contributed by atoms with Crippen LogP contribution in [-0.2, 0) is 26.1 Å². The van der Waals surface area contributed by atoms with Crippen LogP contribution in [0, 0.1) is 0 Å². The Balaban J connectivity index is 1.84. The number of rotatable bonds is 7. The normalized spacial score (nSPS) is 17.8. The molecule has 1 aliphatic rings. The van der Waals surface area contributed by atoms with Crippen molar-refractivity contribution in [1.82, 2.24) is 14.2 Å². The Hall–Kier alpha value is -2.00. The van der Waals surface area contributed by atoms with E-state index < -0.39 is 10.0 Å². The van der Waals surface area contributed by atoms with E-state index in [0.29, 0.717) is 25.9 Å². The summed E-state index contributed by atoms with van der Waals surface area (Å²) in [6.07, 6.45) is 4.74. The van der Waals surface area contributed by atoms with Crippen LogP contribution in [-0.4, -0.2) is 61.4 Å². The highest BCUT2D eigenvalue weighted by molar-refractivity contribution is 7.89. The molecule has 0 spiro atoms. The molecular formula is C20H24ClN3O4S. The first kappa shape index (κ1) is 21.7. The first-order valence-corrected chi connectivity index (χ1v) is 11.2. The number of methoxy groups -OCH3 is 1. The number of halogens is 1. The topological polar surface area (TPSA) is 79.8 Å². The van der Waals surface area contributed by atoms with E-state index in [4.69, 9.17) is 16.3 Å². The minimum absolute atomic E-state index is 0.0615. The quantitative estimate of drug-likeness (QED) is 0.665. The number of benzene rings is 1. The first-order chi connectivity index (χ1) is 13.9. The summed E-state index contributed by atoms with van der Waals surface area (Å²) < 4.78 is 32.7. The zero-order chi connectivity index (χ0) is 20.9. The Morgan fingerprint density at radius 3 is 2.79 bits per heavy atom. The van der Waals surface area contributed by atoms with Gasteiger partial charge in [-0.1, -0.05) is 29.8 Å². The number of piperidine rings is 1. The van der Waals surface area contributed by atoms with E-state index in [-0.39, 0.29) is 35.0 Å². The van der Waals surface area contributed by atoms with Crippen molar-refractivity contribution in [1.29, 1.82) is 0 Å². The monoisotopic (exact) mass is 437 g/mol. The highest BCUT2D eigenvalue weighted by atomic mass is 35.5. The second-order valence-corrected chi connectivity index (χ2v) is 9.22. The highest BCUT2D eigenvalue weighted by Crippen LogP contribution is 2.28. The van der Waals surface area contributed by atoms with E-state index in [1.807, 2.05) is 12.1 Å². The zero-order valence-corrected chi connectivity index (χ0v) is 17.8. The van der Waals surface area contributed by atoms with Crippen LogP contribution in [0.5, 0.6) is 0 Å². The summed E-state index contributed by atoms with van der Waals surface area (Å²) in [5, 5.41) is 0.192. The number of aromatic nitrogens is 1. The molecular weight excluding hydrogens is 414 g/mol. The lowest BCUT2D eigenvalue weighted by atomic mass is 10.0. The minimum Gasteiger partial charge on any atom is -0.375 e. The lowest BCUT2D eigenvalue weighted by Gasteiger charge is -2.39. The maximum absolute atomic E-state index is 13.1. The third kappa shape index (κ3) is 5.14. The molecule has 156 valence electrons. The van der Waals surface area contributed by atoms with Crippen LogP contribution in [0.1, 0.15) is 18.4 Å². The third-order valence-electron chi connectivity index (χ3n) is 4.92. The van der Waals surface area contributed by atoms with Gasteiger partial charge in [-0.25, -0.2) is 8.42 Å². The maximum atomic E-state index is 13.1. The smallest absolute Gasteiger partial charge is 0.249 e. The lowest BCUT2D eigenvalue weighted by molar-refractivity contribution is -0.139. The second-order valence-electron chi connectivity index (χ2n) is 6.91. The summed E-state index contributed by atoms with van der Waals surface area (Å²) >= 11 is 6.13. The Labute approximate surface area is 176 Å². The number of nitrogens with zero attached hydrogens (tertiary/aromatic N) is 3. The molecule has 29 heavy (non-hydrogen) atoms. The maximum Gasteiger partial charge on any atom is 0.249 e. The molecule has 1 saturated heterocycles. The molecule has 2 heterocycles.